The highest BCUT2D eigenvalue weighted by atomic mass is 16.5. The van der Waals surface area contributed by atoms with Gasteiger partial charge >= 0.3 is 0 Å². The Hall–Kier alpha value is -1.76. The van der Waals surface area contributed by atoms with Crippen LogP contribution < -0.4 is 0 Å². The third kappa shape index (κ3) is 10.9. The molecule has 0 aliphatic heterocycles. The molecular formula is C21H32O6. The van der Waals surface area contributed by atoms with Crippen molar-refractivity contribution in [2.45, 2.75) is 45.4 Å². The average Bonchev–Trinajstić information content (AvgIpc) is 2.68. The lowest BCUT2D eigenvalue weighted by Gasteiger charge is -2.07. The number of carbonyl (C=O) groups excluding carboxylic acids is 2. The van der Waals surface area contributed by atoms with Crippen LogP contribution in [0.25, 0.3) is 0 Å². The lowest BCUT2D eigenvalue weighted by Crippen LogP contribution is -2.10. The Kier molecular flexibility index (Phi) is 13.2. The van der Waals surface area contributed by atoms with Gasteiger partial charge < -0.3 is 19.3 Å². The number of ketones is 1. The summed E-state index contributed by atoms with van der Waals surface area (Å²) in [6, 6.07) is 4.27. The quantitative estimate of drug-likeness (QED) is 0.251. The van der Waals surface area contributed by atoms with Gasteiger partial charge in [0.15, 0.2) is 5.78 Å². The fourth-order valence-electron chi connectivity index (χ4n) is 2.47. The highest BCUT2D eigenvalue weighted by molar-refractivity contribution is 5.99. The first-order valence-corrected chi connectivity index (χ1v) is 9.73. The normalized spacial score (nSPS) is 10.9. The van der Waals surface area contributed by atoms with Crippen LogP contribution in [0.15, 0.2) is 18.2 Å². The van der Waals surface area contributed by atoms with Crippen LogP contribution in [0.5, 0.6) is 5.75 Å². The maximum atomic E-state index is 12.1. The van der Waals surface area contributed by atoms with Gasteiger partial charge in [0, 0.05) is 25.2 Å². The lowest BCUT2D eigenvalue weighted by molar-refractivity contribution is 0.0133. The van der Waals surface area contributed by atoms with Crippen LogP contribution in [-0.4, -0.2) is 56.8 Å². The topological polar surface area (TPSA) is 82.1 Å². The monoisotopic (exact) mass is 380 g/mol. The van der Waals surface area contributed by atoms with Crippen molar-refractivity contribution in [3.8, 4) is 5.75 Å². The van der Waals surface area contributed by atoms with Crippen molar-refractivity contribution in [2.75, 3.05) is 39.6 Å². The molecule has 0 saturated carbocycles. The number of hydrogen-bond donors (Lipinski definition) is 1. The number of carbonyl (C=O) groups is 2. The molecule has 27 heavy (non-hydrogen) atoms. The molecule has 0 bridgehead atoms. The number of phenolic OH excluding ortho intramolecular Hbond substituents is 1. The van der Waals surface area contributed by atoms with Crippen LogP contribution in [0.2, 0.25) is 0 Å². The molecule has 1 rings (SSSR count). The van der Waals surface area contributed by atoms with Crippen LogP contribution in [0.1, 0.15) is 66.2 Å². The largest absolute Gasteiger partial charge is 0.507 e. The Balaban J connectivity index is 1.97. The van der Waals surface area contributed by atoms with E-state index < -0.39 is 0 Å². The second-order valence-electron chi connectivity index (χ2n) is 6.32. The SMILES string of the molecule is CCCCCOCCOCCOCCCCC(=O)c1cc(C=O)ccc1O. The smallest absolute Gasteiger partial charge is 0.166 e. The Morgan fingerprint density at radius 1 is 0.926 bits per heavy atom. The van der Waals surface area contributed by atoms with Crippen LogP contribution in [-0.2, 0) is 14.2 Å². The maximum Gasteiger partial charge on any atom is 0.166 e. The van der Waals surface area contributed by atoms with Gasteiger partial charge in [0.1, 0.15) is 12.0 Å². The fraction of sp³-hybridized carbons (Fsp3) is 0.619. The molecule has 0 aromatic heterocycles. The number of aldehydes is 1. The Morgan fingerprint density at radius 3 is 2.11 bits per heavy atom. The van der Waals surface area contributed by atoms with Crippen LogP contribution >= 0.6 is 0 Å². The van der Waals surface area contributed by atoms with Crippen molar-refractivity contribution < 1.29 is 28.9 Å². The number of Topliss-reactive ketones (excluding diaryl/α,β-unsaturated/α-hetero) is 1. The van der Waals surface area contributed by atoms with Crippen molar-refractivity contribution in [3.63, 3.8) is 0 Å². The Bertz CT molecular complexity index is 543. The first kappa shape index (κ1) is 23.3. The summed E-state index contributed by atoms with van der Waals surface area (Å²) in [5, 5.41) is 9.73. The molecule has 152 valence electrons. The number of ether oxygens (including phenoxy) is 3. The molecule has 0 unspecified atom stereocenters. The van der Waals surface area contributed by atoms with E-state index in [4.69, 9.17) is 14.2 Å². The number of hydrogen-bond acceptors (Lipinski definition) is 6. The average molecular weight is 380 g/mol. The third-order valence-corrected chi connectivity index (χ3v) is 4.04. The van der Waals surface area contributed by atoms with Gasteiger partial charge in [-0.1, -0.05) is 19.8 Å². The van der Waals surface area contributed by atoms with Gasteiger partial charge in [0.2, 0.25) is 0 Å². The predicted molar refractivity (Wildman–Crippen MR) is 104 cm³/mol. The van der Waals surface area contributed by atoms with E-state index in [9.17, 15) is 14.7 Å². The second kappa shape index (κ2) is 15.3. The van der Waals surface area contributed by atoms with E-state index in [-0.39, 0.29) is 17.1 Å². The molecule has 1 N–H and O–H groups in total. The van der Waals surface area contributed by atoms with Gasteiger partial charge in [0.05, 0.1) is 32.0 Å². The molecule has 0 aliphatic rings. The molecule has 0 radical (unpaired) electrons. The standard InChI is InChI=1S/C21H32O6/c1-2-3-5-10-25-12-14-27-15-13-26-11-6-4-7-20(23)19-16-18(17-22)8-9-21(19)24/h8-9,16-17,24H,2-7,10-15H2,1H3. The molecule has 0 fully saturated rings. The second-order valence-corrected chi connectivity index (χ2v) is 6.32. The van der Waals surface area contributed by atoms with E-state index >= 15 is 0 Å². The van der Waals surface area contributed by atoms with Gasteiger partial charge in [-0.25, -0.2) is 0 Å². The summed E-state index contributed by atoms with van der Waals surface area (Å²) in [6.07, 6.45) is 5.88. The molecule has 6 nitrogen and oxygen atoms in total. The van der Waals surface area contributed by atoms with Crippen LogP contribution in [0.4, 0.5) is 0 Å². The molecule has 0 atom stereocenters. The minimum Gasteiger partial charge on any atom is -0.507 e. The van der Waals surface area contributed by atoms with Crippen molar-refractivity contribution in [1.29, 1.82) is 0 Å². The summed E-state index contributed by atoms with van der Waals surface area (Å²) in [6.45, 7) is 5.76. The molecule has 0 saturated heterocycles. The zero-order chi connectivity index (χ0) is 19.7. The summed E-state index contributed by atoms with van der Waals surface area (Å²) in [4.78, 5) is 22.9. The van der Waals surface area contributed by atoms with Crippen molar-refractivity contribution in [3.05, 3.63) is 29.3 Å². The molecule has 1 aromatic rings. The van der Waals surface area contributed by atoms with E-state index in [2.05, 4.69) is 6.92 Å². The minimum atomic E-state index is -0.168. The van der Waals surface area contributed by atoms with Crippen molar-refractivity contribution in [2.24, 2.45) is 0 Å². The molecule has 0 amide bonds. The summed E-state index contributed by atoms with van der Waals surface area (Å²) >= 11 is 0. The molecule has 1 aromatic carbocycles. The van der Waals surface area contributed by atoms with E-state index in [0.29, 0.717) is 57.7 Å². The maximum absolute atomic E-state index is 12.1. The van der Waals surface area contributed by atoms with Crippen molar-refractivity contribution >= 4 is 12.1 Å². The predicted octanol–water partition coefficient (Wildman–Crippen LogP) is 3.80. The van der Waals surface area contributed by atoms with Crippen molar-refractivity contribution in [1.82, 2.24) is 0 Å². The minimum absolute atomic E-state index is 0.0895. The molecule has 0 aliphatic carbocycles. The number of aromatic hydroxyl groups is 1. The summed E-state index contributed by atoms with van der Waals surface area (Å²) < 4.78 is 16.3. The van der Waals surface area contributed by atoms with Gasteiger partial charge in [0.25, 0.3) is 0 Å². The van der Waals surface area contributed by atoms with Crippen LogP contribution in [0, 0.1) is 0 Å². The van der Waals surface area contributed by atoms with E-state index in [0.717, 1.165) is 19.4 Å². The number of rotatable bonds is 17. The van der Waals surface area contributed by atoms with E-state index in [1.54, 1.807) is 0 Å². The third-order valence-electron chi connectivity index (χ3n) is 4.04. The van der Waals surface area contributed by atoms with Gasteiger partial charge in [-0.05, 0) is 37.5 Å². The highest BCUT2D eigenvalue weighted by Crippen LogP contribution is 2.20. The zero-order valence-electron chi connectivity index (χ0n) is 16.3. The molecule has 6 heteroatoms. The number of benzene rings is 1. The molecule has 0 heterocycles. The lowest BCUT2D eigenvalue weighted by atomic mass is 10.0. The number of unbranched alkanes of at least 4 members (excludes halogenated alkanes) is 3. The summed E-state index contributed by atoms with van der Waals surface area (Å²) in [5.74, 6) is -0.258. The molecule has 0 spiro atoms. The first-order valence-electron chi connectivity index (χ1n) is 9.73. The Morgan fingerprint density at radius 2 is 1.52 bits per heavy atom. The zero-order valence-corrected chi connectivity index (χ0v) is 16.3. The van der Waals surface area contributed by atoms with Gasteiger partial charge in [-0.15, -0.1) is 0 Å². The molecular weight excluding hydrogens is 348 g/mol. The van der Waals surface area contributed by atoms with Gasteiger partial charge in [-0.3, -0.25) is 9.59 Å². The fourth-order valence-corrected chi connectivity index (χ4v) is 2.47. The van der Waals surface area contributed by atoms with E-state index in [1.807, 2.05) is 0 Å². The highest BCUT2D eigenvalue weighted by Gasteiger charge is 2.11. The van der Waals surface area contributed by atoms with Gasteiger partial charge in [-0.2, -0.15) is 0 Å². The summed E-state index contributed by atoms with van der Waals surface area (Å²) in [5.41, 5.74) is 0.580. The van der Waals surface area contributed by atoms with E-state index in [1.165, 1.54) is 31.0 Å². The summed E-state index contributed by atoms with van der Waals surface area (Å²) in [7, 11) is 0. The van der Waals surface area contributed by atoms with Crippen LogP contribution in [0.3, 0.4) is 0 Å². The number of phenols is 1. The Labute approximate surface area is 161 Å². The first-order chi connectivity index (χ1) is 13.2.